The van der Waals surface area contributed by atoms with Crippen LogP contribution < -0.4 is 20.9 Å². The topological polar surface area (TPSA) is 105 Å². The van der Waals surface area contributed by atoms with Gasteiger partial charge in [-0.05, 0) is 49.2 Å². The van der Waals surface area contributed by atoms with E-state index < -0.39 is 0 Å². The summed E-state index contributed by atoms with van der Waals surface area (Å²) in [4.78, 5) is 30.7. The Morgan fingerprint density at radius 2 is 1.05 bits per heavy atom. The van der Waals surface area contributed by atoms with Crippen LogP contribution in [0.4, 0.5) is 11.4 Å². The van der Waals surface area contributed by atoms with E-state index in [1.165, 1.54) is 23.5 Å². The summed E-state index contributed by atoms with van der Waals surface area (Å²) in [5.74, 6) is 1.02. The fourth-order valence-corrected chi connectivity index (χ4v) is 6.45. The van der Waals surface area contributed by atoms with Gasteiger partial charge in [0.1, 0.15) is 11.5 Å². The Morgan fingerprint density at radius 3 is 1.45 bits per heavy atom. The molecule has 0 heterocycles. The van der Waals surface area contributed by atoms with Gasteiger partial charge in [-0.3, -0.25) is 9.59 Å². The van der Waals surface area contributed by atoms with Crippen molar-refractivity contribution in [3.05, 3.63) is 95.1 Å². The second-order valence-corrected chi connectivity index (χ2v) is 11.5. The molecule has 0 saturated heterocycles. The Bertz CT molecular complexity index is 1490. The van der Waals surface area contributed by atoms with Crippen LogP contribution in [0.3, 0.4) is 0 Å². The van der Waals surface area contributed by atoms with Crippen molar-refractivity contribution in [2.75, 3.05) is 24.7 Å². The monoisotopic (exact) mass is 570 g/mol. The second kappa shape index (κ2) is 12.1. The van der Waals surface area contributed by atoms with Gasteiger partial charge in [-0.1, -0.05) is 61.6 Å². The molecule has 4 N–H and O–H groups in total. The Balaban J connectivity index is 1.49. The normalized spacial score (nSPS) is 12.2. The highest BCUT2D eigenvalue weighted by atomic mass is 32.2. The number of hydrogen-bond donors (Lipinski definition) is 2. The van der Waals surface area contributed by atoms with Gasteiger partial charge in [0.25, 0.3) is 0 Å². The third-order valence-corrected chi connectivity index (χ3v) is 8.65. The zero-order chi connectivity index (χ0) is 28.2. The molecule has 0 fully saturated rings. The van der Waals surface area contributed by atoms with Crippen LogP contribution in [0.25, 0.3) is 0 Å². The summed E-state index contributed by atoms with van der Waals surface area (Å²) >= 11 is 2.74. The molecule has 6 nitrogen and oxygen atoms in total. The van der Waals surface area contributed by atoms with Crippen molar-refractivity contribution in [3.8, 4) is 11.5 Å². The van der Waals surface area contributed by atoms with E-state index in [0.29, 0.717) is 68.1 Å². The Hall–Kier alpha value is -3.88. The number of fused-ring (bicyclic) bond motifs is 2. The number of rotatable bonds is 10. The minimum atomic E-state index is -0.196. The van der Waals surface area contributed by atoms with E-state index in [0.717, 1.165) is 22.6 Å². The maximum atomic E-state index is 14.1. The molecule has 0 aliphatic heterocycles. The summed E-state index contributed by atoms with van der Waals surface area (Å²) in [5, 5.41) is 0. The van der Waals surface area contributed by atoms with Gasteiger partial charge < -0.3 is 20.9 Å². The van der Waals surface area contributed by atoms with Gasteiger partial charge in [0.05, 0.1) is 13.2 Å². The molecule has 0 amide bonds. The van der Waals surface area contributed by atoms with Crippen LogP contribution in [0.5, 0.6) is 11.5 Å². The van der Waals surface area contributed by atoms with Crippen LogP contribution in [0.15, 0.2) is 92.4 Å². The molecule has 0 atom stereocenters. The highest BCUT2D eigenvalue weighted by Crippen LogP contribution is 2.43. The molecule has 1 aliphatic rings. The van der Waals surface area contributed by atoms with Gasteiger partial charge in [0, 0.05) is 65.3 Å². The van der Waals surface area contributed by atoms with Crippen molar-refractivity contribution in [2.45, 2.75) is 46.3 Å². The molecule has 1 aliphatic carbocycles. The molecule has 40 heavy (non-hydrogen) atoms. The third kappa shape index (κ3) is 5.55. The van der Waals surface area contributed by atoms with Gasteiger partial charge >= 0.3 is 0 Å². The van der Waals surface area contributed by atoms with Crippen LogP contribution in [-0.4, -0.2) is 24.8 Å². The smallest absolute Gasteiger partial charge is 0.196 e. The van der Waals surface area contributed by atoms with Gasteiger partial charge in [0.2, 0.25) is 0 Å². The van der Waals surface area contributed by atoms with E-state index >= 15 is 0 Å². The molecule has 0 unspecified atom stereocenters. The molecule has 5 rings (SSSR count). The summed E-state index contributed by atoms with van der Waals surface area (Å²) in [6, 6.07) is 21.8. The second-order valence-electron chi connectivity index (χ2n) is 9.32. The minimum Gasteiger partial charge on any atom is -0.494 e. The largest absolute Gasteiger partial charge is 0.494 e. The van der Waals surface area contributed by atoms with Gasteiger partial charge in [-0.25, -0.2) is 0 Å². The number of carbonyl (C=O) groups excluding carboxylic acids is 2. The number of nitrogen functional groups attached to an aromatic ring is 2. The molecule has 4 aromatic carbocycles. The number of benzene rings is 4. The molecular formula is C32H30N2O4S2. The Morgan fingerprint density at radius 1 is 0.600 bits per heavy atom. The molecule has 204 valence electrons. The lowest BCUT2D eigenvalue weighted by molar-refractivity contribution is 0.0974. The number of nitrogens with two attached hydrogens (primary N) is 2. The van der Waals surface area contributed by atoms with Gasteiger partial charge in [-0.15, -0.1) is 0 Å². The lowest BCUT2D eigenvalue weighted by Crippen LogP contribution is -2.22. The predicted molar refractivity (Wildman–Crippen MR) is 161 cm³/mol. The third-order valence-electron chi connectivity index (χ3n) is 6.34. The summed E-state index contributed by atoms with van der Waals surface area (Å²) in [7, 11) is 0. The summed E-state index contributed by atoms with van der Waals surface area (Å²) in [6.07, 6.45) is 1.80. The maximum Gasteiger partial charge on any atom is 0.196 e. The molecule has 0 aromatic heterocycles. The van der Waals surface area contributed by atoms with Crippen molar-refractivity contribution in [1.29, 1.82) is 0 Å². The first-order valence-corrected chi connectivity index (χ1v) is 14.8. The molecule has 0 saturated carbocycles. The van der Waals surface area contributed by atoms with E-state index in [4.69, 9.17) is 20.9 Å². The van der Waals surface area contributed by atoms with Crippen LogP contribution >= 0.6 is 23.5 Å². The summed E-state index contributed by atoms with van der Waals surface area (Å²) in [6.45, 7) is 5.30. The molecule has 0 bridgehead atoms. The molecular weight excluding hydrogens is 540 g/mol. The number of hydrogen-bond acceptors (Lipinski definition) is 8. The van der Waals surface area contributed by atoms with E-state index in [2.05, 4.69) is 0 Å². The van der Waals surface area contributed by atoms with E-state index in [1.807, 2.05) is 50.2 Å². The van der Waals surface area contributed by atoms with Gasteiger partial charge in [0.15, 0.2) is 11.6 Å². The van der Waals surface area contributed by atoms with Crippen molar-refractivity contribution < 1.29 is 19.1 Å². The first-order chi connectivity index (χ1) is 19.4. The number of ketones is 2. The van der Waals surface area contributed by atoms with Crippen LogP contribution in [0.1, 0.15) is 58.5 Å². The maximum absolute atomic E-state index is 14.1. The Labute approximate surface area is 242 Å². The zero-order valence-corrected chi connectivity index (χ0v) is 24.0. The van der Waals surface area contributed by atoms with Crippen LogP contribution in [-0.2, 0) is 0 Å². The lowest BCUT2D eigenvalue weighted by atomic mass is 9.84. The highest BCUT2D eigenvalue weighted by Gasteiger charge is 2.34. The molecule has 0 radical (unpaired) electrons. The van der Waals surface area contributed by atoms with Crippen molar-refractivity contribution in [2.24, 2.45) is 0 Å². The van der Waals surface area contributed by atoms with E-state index in [-0.39, 0.29) is 11.6 Å². The fourth-order valence-electron chi connectivity index (χ4n) is 4.44. The van der Waals surface area contributed by atoms with Crippen molar-refractivity contribution in [1.82, 2.24) is 0 Å². The lowest BCUT2D eigenvalue weighted by Gasteiger charge is -2.22. The molecule has 4 aromatic rings. The summed E-state index contributed by atoms with van der Waals surface area (Å²) in [5.41, 5.74) is 15.3. The predicted octanol–water partition coefficient (Wildman–Crippen LogP) is 7.51. The minimum absolute atomic E-state index is 0.179. The number of anilines is 2. The quantitative estimate of drug-likeness (QED) is 0.166. The van der Waals surface area contributed by atoms with Crippen LogP contribution in [0.2, 0.25) is 0 Å². The Kier molecular flexibility index (Phi) is 8.38. The van der Waals surface area contributed by atoms with E-state index in [9.17, 15) is 9.59 Å². The SMILES string of the molecule is CCCOc1ccc(Sc2cccc3c2C(=O)c2c(Sc4ccc(OCCC)cc4N)cccc2C3=O)c(N)c1. The molecule has 0 spiro atoms. The van der Waals surface area contributed by atoms with Crippen LogP contribution in [0, 0.1) is 0 Å². The first-order valence-electron chi connectivity index (χ1n) is 13.2. The van der Waals surface area contributed by atoms with E-state index in [1.54, 1.807) is 36.4 Å². The average molecular weight is 571 g/mol. The van der Waals surface area contributed by atoms with Crippen molar-refractivity contribution >= 4 is 46.5 Å². The first kappa shape index (κ1) is 27.7. The fraction of sp³-hybridized carbons (Fsp3) is 0.188. The summed E-state index contributed by atoms with van der Waals surface area (Å²) < 4.78 is 11.4. The standard InChI is InChI=1S/C32H30N2O4S2/c1-3-15-37-19-11-13-25(23(33)17-19)39-27-9-5-7-21-29(27)32(36)30-22(31(21)35)8-6-10-28(30)40-26-14-12-20(18-24(26)34)38-16-4-2/h5-14,17-18H,3-4,15-16,33-34H2,1-2H3. The number of carbonyl (C=O) groups is 2. The zero-order valence-electron chi connectivity index (χ0n) is 22.4. The average Bonchev–Trinajstić information content (AvgIpc) is 2.96. The van der Waals surface area contributed by atoms with Crippen molar-refractivity contribution in [3.63, 3.8) is 0 Å². The van der Waals surface area contributed by atoms with Gasteiger partial charge in [-0.2, -0.15) is 0 Å². The number of ether oxygens (including phenoxy) is 2. The molecule has 8 heteroatoms. The highest BCUT2D eigenvalue weighted by molar-refractivity contribution is 8.00.